The van der Waals surface area contributed by atoms with E-state index < -0.39 is 0 Å². The van der Waals surface area contributed by atoms with Crippen LogP contribution < -0.4 is 0 Å². The minimum atomic E-state index is 0.0637. The molecular formula is C4H10FNO. The predicted octanol–water partition coefficient (Wildman–Crippen LogP) is 0.185. The molecular weight excluding hydrogens is 97.0 g/mol. The van der Waals surface area contributed by atoms with Gasteiger partial charge in [-0.1, -0.05) is 0 Å². The van der Waals surface area contributed by atoms with E-state index in [4.69, 9.17) is 5.11 Å². The number of aliphatic hydroxyl groups excluding tert-OH is 1. The number of nitrogens with zero attached hydrogens (tertiary/aromatic N) is 1. The van der Waals surface area contributed by atoms with Crippen LogP contribution in [0.5, 0.6) is 0 Å². The molecule has 0 aliphatic carbocycles. The molecule has 0 rings (SSSR count). The average Bonchev–Trinajstić information content (AvgIpc) is 1.61. The zero-order valence-electron chi connectivity index (χ0n) is 4.39. The minimum Gasteiger partial charge on any atom is -0.396 e. The van der Waals surface area contributed by atoms with Gasteiger partial charge in [0.05, 0.1) is 0 Å². The highest BCUT2D eigenvalue weighted by Crippen LogP contribution is 1.83. The lowest BCUT2D eigenvalue weighted by Crippen LogP contribution is -2.08. The van der Waals surface area contributed by atoms with Crippen molar-refractivity contribution in [2.24, 2.45) is 0 Å². The van der Waals surface area contributed by atoms with Crippen molar-refractivity contribution in [3.8, 4) is 0 Å². The summed E-state index contributed by atoms with van der Waals surface area (Å²) in [6.45, 7) is 0.380. The van der Waals surface area contributed by atoms with Crippen LogP contribution in [0.4, 0.5) is 4.48 Å². The van der Waals surface area contributed by atoms with Crippen LogP contribution in [-0.4, -0.2) is 30.4 Å². The van der Waals surface area contributed by atoms with Gasteiger partial charge in [-0.05, 0) is 6.42 Å². The van der Waals surface area contributed by atoms with E-state index in [1.807, 2.05) is 0 Å². The summed E-state index contributed by atoms with van der Waals surface area (Å²) in [6.07, 6.45) is 0.507. The quantitative estimate of drug-likeness (QED) is 0.520. The topological polar surface area (TPSA) is 23.5 Å². The molecule has 0 aromatic carbocycles. The normalized spacial score (nSPS) is 10.3. The molecule has 0 unspecified atom stereocenters. The van der Waals surface area contributed by atoms with Crippen LogP contribution in [0.3, 0.4) is 0 Å². The Bertz CT molecular complexity index is 40.7. The Kier molecular flexibility index (Phi) is 3.93. The smallest absolute Gasteiger partial charge is 0.0444 e. The van der Waals surface area contributed by atoms with Gasteiger partial charge in [0.25, 0.3) is 0 Å². The second-order valence-electron chi connectivity index (χ2n) is 1.41. The number of hydrogen-bond donors (Lipinski definition) is 1. The van der Waals surface area contributed by atoms with E-state index in [1.165, 1.54) is 7.05 Å². The summed E-state index contributed by atoms with van der Waals surface area (Å²) < 4.78 is 11.6. The molecule has 0 atom stereocenters. The van der Waals surface area contributed by atoms with Gasteiger partial charge in [-0.25, -0.2) is 0 Å². The Balaban J connectivity index is 2.68. The van der Waals surface area contributed by atoms with Gasteiger partial charge in [-0.3, -0.25) is 0 Å². The fraction of sp³-hybridized carbons (Fsp3) is 1.00. The van der Waals surface area contributed by atoms with Crippen molar-refractivity contribution in [2.75, 3.05) is 20.2 Å². The molecule has 0 heterocycles. The van der Waals surface area contributed by atoms with Gasteiger partial charge in [0, 0.05) is 20.2 Å². The first kappa shape index (κ1) is 6.85. The van der Waals surface area contributed by atoms with Crippen LogP contribution in [0.1, 0.15) is 6.42 Å². The standard InChI is InChI=1S/C4H10FNO/c1-6(5)3-2-4-7/h7H,2-4H2,1H3. The molecule has 0 fully saturated rings. The SMILES string of the molecule is CN(F)CCCO. The second kappa shape index (κ2) is 4.02. The van der Waals surface area contributed by atoms with E-state index in [0.717, 1.165) is 0 Å². The Labute approximate surface area is 42.5 Å². The number of halogens is 1. The lowest BCUT2D eigenvalue weighted by atomic mass is 10.5. The molecule has 1 N–H and O–H groups in total. The van der Waals surface area contributed by atoms with Gasteiger partial charge >= 0.3 is 0 Å². The maximum Gasteiger partial charge on any atom is 0.0444 e. The molecule has 0 aliphatic rings. The van der Waals surface area contributed by atoms with Crippen LogP contribution in [0, 0.1) is 0 Å². The molecule has 3 heteroatoms. The van der Waals surface area contributed by atoms with Crippen molar-refractivity contribution >= 4 is 0 Å². The first-order valence-corrected chi connectivity index (χ1v) is 2.25. The third-order valence-corrected chi connectivity index (χ3v) is 0.624. The van der Waals surface area contributed by atoms with Gasteiger partial charge in [-0.2, -0.15) is 0 Å². The molecule has 7 heavy (non-hydrogen) atoms. The number of hydrogen-bond acceptors (Lipinski definition) is 2. The van der Waals surface area contributed by atoms with Crippen molar-refractivity contribution in [3.05, 3.63) is 0 Å². The zero-order valence-corrected chi connectivity index (χ0v) is 4.39. The van der Waals surface area contributed by atoms with Crippen molar-refractivity contribution in [3.63, 3.8) is 0 Å². The summed E-state index contributed by atoms with van der Waals surface area (Å²) >= 11 is 0. The molecule has 0 aromatic heterocycles. The third kappa shape index (κ3) is 5.85. The highest BCUT2D eigenvalue weighted by Gasteiger charge is 1.88. The summed E-state index contributed by atoms with van der Waals surface area (Å²) in [7, 11) is 1.33. The van der Waals surface area contributed by atoms with Crippen LogP contribution in [0.2, 0.25) is 0 Å². The predicted molar refractivity (Wildman–Crippen MR) is 25.4 cm³/mol. The molecule has 0 saturated carbocycles. The van der Waals surface area contributed by atoms with Crippen LogP contribution in [-0.2, 0) is 0 Å². The Morgan fingerprint density at radius 3 is 2.43 bits per heavy atom. The van der Waals surface area contributed by atoms with E-state index in [2.05, 4.69) is 0 Å². The molecule has 0 bridgehead atoms. The summed E-state index contributed by atoms with van der Waals surface area (Å²) in [5, 5.41) is 8.67. The van der Waals surface area contributed by atoms with Crippen molar-refractivity contribution < 1.29 is 9.59 Å². The van der Waals surface area contributed by atoms with E-state index in [-0.39, 0.29) is 6.61 Å². The van der Waals surface area contributed by atoms with Crippen molar-refractivity contribution in [2.45, 2.75) is 6.42 Å². The summed E-state index contributed by atoms with van der Waals surface area (Å²) in [5.41, 5.74) is 0. The summed E-state index contributed by atoms with van der Waals surface area (Å²) in [6, 6.07) is 0. The summed E-state index contributed by atoms with van der Waals surface area (Å²) in [4.78, 5) is 0. The molecule has 0 radical (unpaired) electrons. The van der Waals surface area contributed by atoms with Crippen molar-refractivity contribution in [1.82, 2.24) is 5.12 Å². The molecule has 0 aliphatic heterocycles. The molecule has 0 saturated heterocycles. The second-order valence-corrected chi connectivity index (χ2v) is 1.41. The van der Waals surface area contributed by atoms with E-state index in [9.17, 15) is 4.48 Å². The average molecular weight is 107 g/mol. The fourth-order valence-corrected chi connectivity index (χ4v) is 0.289. The van der Waals surface area contributed by atoms with Gasteiger partial charge in [0.1, 0.15) is 0 Å². The van der Waals surface area contributed by atoms with Gasteiger partial charge < -0.3 is 5.11 Å². The van der Waals surface area contributed by atoms with E-state index in [1.54, 1.807) is 0 Å². The molecule has 0 amide bonds. The number of aliphatic hydroxyl groups is 1. The lowest BCUT2D eigenvalue weighted by Gasteiger charge is -1.99. The molecule has 2 nitrogen and oxygen atoms in total. The minimum absolute atomic E-state index is 0.0637. The monoisotopic (exact) mass is 107 g/mol. The maximum atomic E-state index is 11.6. The highest BCUT2D eigenvalue weighted by molar-refractivity contribution is 4.34. The van der Waals surface area contributed by atoms with Gasteiger partial charge in [0.15, 0.2) is 0 Å². The first-order valence-electron chi connectivity index (χ1n) is 2.25. The first-order chi connectivity index (χ1) is 3.27. The van der Waals surface area contributed by atoms with Crippen LogP contribution >= 0.6 is 0 Å². The van der Waals surface area contributed by atoms with Crippen LogP contribution in [0.25, 0.3) is 0 Å². The number of rotatable bonds is 3. The Hall–Kier alpha value is -0.150. The van der Waals surface area contributed by atoms with Crippen molar-refractivity contribution in [1.29, 1.82) is 0 Å². The van der Waals surface area contributed by atoms with E-state index >= 15 is 0 Å². The zero-order chi connectivity index (χ0) is 5.70. The highest BCUT2D eigenvalue weighted by atomic mass is 19.2. The van der Waals surface area contributed by atoms with Gasteiger partial charge in [-0.15, -0.1) is 9.60 Å². The summed E-state index contributed by atoms with van der Waals surface area (Å²) in [5.74, 6) is 0. The molecule has 44 valence electrons. The fourth-order valence-electron chi connectivity index (χ4n) is 0.289. The maximum absolute atomic E-state index is 11.6. The molecule has 0 spiro atoms. The molecule has 0 aromatic rings. The van der Waals surface area contributed by atoms with Crippen LogP contribution in [0.15, 0.2) is 0 Å². The van der Waals surface area contributed by atoms with Gasteiger partial charge in [0.2, 0.25) is 0 Å². The Morgan fingerprint density at radius 2 is 2.29 bits per heavy atom. The third-order valence-electron chi connectivity index (χ3n) is 0.624. The largest absolute Gasteiger partial charge is 0.396 e. The Morgan fingerprint density at radius 1 is 1.71 bits per heavy atom. The van der Waals surface area contributed by atoms with E-state index in [0.29, 0.717) is 18.1 Å². The lowest BCUT2D eigenvalue weighted by molar-refractivity contribution is 0.0525.